The maximum atomic E-state index is 12.3. The summed E-state index contributed by atoms with van der Waals surface area (Å²) in [6.07, 6.45) is 1.44. The lowest BCUT2D eigenvalue weighted by Gasteiger charge is -2.07. The Kier molecular flexibility index (Phi) is 4.12. The highest BCUT2D eigenvalue weighted by atomic mass is 16.6. The number of carbonyl (C=O) groups is 1. The largest absolute Gasteiger partial charge is 0.420 e. The standard InChI is InChI=1S/C16H11N7O5/c24-15(18-10-1-3-11(4-2-10)22-9-17-19-20-22)8-21-13-6-5-12(23(26)27)7-14(13)28-16(21)25/h1-7,9H,8H2,(H,18,24). The van der Waals surface area contributed by atoms with Crippen molar-refractivity contribution in [2.24, 2.45) is 0 Å². The number of amides is 1. The van der Waals surface area contributed by atoms with Crippen molar-refractivity contribution in [3.8, 4) is 5.69 Å². The SMILES string of the molecule is O=C(Cn1c(=O)oc2cc([N+](=O)[O-])ccc21)Nc1ccc(-n2cnnn2)cc1. The number of hydrogen-bond donors (Lipinski definition) is 1. The fourth-order valence-corrected chi connectivity index (χ4v) is 2.64. The maximum Gasteiger partial charge on any atom is 0.420 e. The van der Waals surface area contributed by atoms with Crippen molar-refractivity contribution in [1.29, 1.82) is 0 Å². The van der Waals surface area contributed by atoms with Gasteiger partial charge in [0.2, 0.25) is 5.91 Å². The topological polar surface area (TPSA) is 151 Å². The quantitative estimate of drug-likeness (QED) is 0.399. The van der Waals surface area contributed by atoms with E-state index < -0.39 is 16.6 Å². The van der Waals surface area contributed by atoms with Gasteiger partial charge in [0.15, 0.2) is 5.58 Å². The minimum atomic E-state index is -0.778. The number of aromatic nitrogens is 5. The smallest absolute Gasteiger partial charge is 0.407 e. The molecule has 28 heavy (non-hydrogen) atoms. The molecule has 0 atom stereocenters. The zero-order chi connectivity index (χ0) is 19.7. The molecular formula is C16H11N7O5. The van der Waals surface area contributed by atoms with Crippen LogP contribution in [0.25, 0.3) is 16.8 Å². The van der Waals surface area contributed by atoms with E-state index >= 15 is 0 Å². The van der Waals surface area contributed by atoms with Crippen molar-refractivity contribution in [2.45, 2.75) is 6.54 Å². The van der Waals surface area contributed by atoms with E-state index in [4.69, 9.17) is 4.42 Å². The Morgan fingerprint density at radius 1 is 1.21 bits per heavy atom. The van der Waals surface area contributed by atoms with E-state index in [1.165, 1.54) is 23.1 Å². The fraction of sp³-hybridized carbons (Fsp3) is 0.0625. The Balaban J connectivity index is 1.51. The van der Waals surface area contributed by atoms with Crippen LogP contribution in [0.2, 0.25) is 0 Å². The molecule has 4 rings (SSSR count). The lowest BCUT2D eigenvalue weighted by molar-refractivity contribution is -0.384. The Morgan fingerprint density at radius 3 is 2.68 bits per heavy atom. The summed E-state index contributed by atoms with van der Waals surface area (Å²) in [6.45, 7) is -0.307. The van der Waals surface area contributed by atoms with E-state index in [2.05, 4.69) is 20.8 Å². The summed E-state index contributed by atoms with van der Waals surface area (Å²) in [6, 6.07) is 10.5. The van der Waals surface area contributed by atoms with Gasteiger partial charge in [0.05, 0.1) is 22.2 Å². The zero-order valence-corrected chi connectivity index (χ0v) is 14.1. The number of nitrogens with one attached hydrogen (secondary N) is 1. The second kappa shape index (κ2) is 6.75. The highest BCUT2D eigenvalue weighted by molar-refractivity contribution is 5.91. The van der Waals surface area contributed by atoms with Crippen LogP contribution in [0.1, 0.15) is 0 Å². The first-order valence-corrected chi connectivity index (χ1v) is 7.92. The number of tetrazole rings is 1. The van der Waals surface area contributed by atoms with Gasteiger partial charge in [-0.3, -0.25) is 19.5 Å². The first-order chi connectivity index (χ1) is 13.5. The average Bonchev–Trinajstić information content (AvgIpc) is 3.31. The predicted molar refractivity (Wildman–Crippen MR) is 94.9 cm³/mol. The zero-order valence-electron chi connectivity index (χ0n) is 14.1. The fourth-order valence-electron chi connectivity index (χ4n) is 2.64. The number of non-ortho nitro benzene ring substituents is 1. The van der Waals surface area contributed by atoms with Gasteiger partial charge in [-0.2, -0.15) is 0 Å². The van der Waals surface area contributed by atoms with Gasteiger partial charge in [-0.1, -0.05) is 0 Å². The van der Waals surface area contributed by atoms with E-state index in [1.54, 1.807) is 24.3 Å². The Bertz CT molecular complexity index is 1220. The summed E-state index contributed by atoms with van der Waals surface area (Å²) in [5, 5.41) is 24.3. The summed E-state index contributed by atoms with van der Waals surface area (Å²) in [7, 11) is 0. The molecule has 0 saturated carbocycles. The molecule has 0 aliphatic carbocycles. The van der Waals surface area contributed by atoms with Crippen LogP contribution in [0.5, 0.6) is 0 Å². The lowest BCUT2D eigenvalue weighted by atomic mass is 10.2. The van der Waals surface area contributed by atoms with Crippen molar-refractivity contribution < 1.29 is 14.1 Å². The van der Waals surface area contributed by atoms with Crippen LogP contribution in [0.3, 0.4) is 0 Å². The van der Waals surface area contributed by atoms with Gasteiger partial charge in [-0.15, -0.1) is 5.10 Å². The van der Waals surface area contributed by atoms with Gasteiger partial charge in [0.25, 0.3) is 5.69 Å². The molecule has 0 fully saturated rings. The van der Waals surface area contributed by atoms with Gasteiger partial charge in [-0.25, -0.2) is 9.48 Å². The number of anilines is 1. The van der Waals surface area contributed by atoms with Crippen molar-refractivity contribution in [1.82, 2.24) is 24.8 Å². The summed E-state index contributed by atoms with van der Waals surface area (Å²) >= 11 is 0. The number of hydrogen-bond acceptors (Lipinski definition) is 8. The monoisotopic (exact) mass is 381 g/mol. The lowest BCUT2D eigenvalue weighted by Crippen LogP contribution is -2.24. The molecule has 0 bridgehead atoms. The highest BCUT2D eigenvalue weighted by Gasteiger charge is 2.16. The van der Waals surface area contributed by atoms with Crippen LogP contribution in [-0.4, -0.2) is 35.6 Å². The number of rotatable bonds is 5. The van der Waals surface area contributed by atoms with Crippen molar-refractivity contribution in [2.75, 3.05) is 5.32 Å². The van der Waals surface area contributed by atoms with Crippen LogP contribution >= 0.6 is 0 Å². The first-order valence-electron chi connectivity index (χ1n) is 7.92. The first kappa shape index (κ1) is 17.1. The molecule has 12 heteroatoms. The molecule has 2 aromatic heterocycles. The second-order valence-corrected chi connectivity index (χ2v) is 5.71. The number of nitro benzene ring substituents is 1. The molecule has 0 aliphatic heterocycles. The van der Waals surface area contributed by atoms with Gasteiger partial charge < -0.3 is 9.73 Å². The molecule has 1 N–H and O–H groups in total. The van der Waals surface area contributed by atoms with E-state index in [9.17, 15) is 19.7 Å². The number of nitrogens with zero attached hydrogens (tertiary/aromatic N) is 6. The summed E-state index contributed by atoms with van der Waals surface area (Å²) < 4.78 is 7.56. The van der Waals surface area contributed by atoms with Crippen molar-refractivity contribution >= 4 is 28.4 Å². The minimum Gasteiger partial charge on any atom is -0.407 e. The highest BCUT2D eigenvalue weighted by Crippen LogP contribution is 2.20. The summed E-state index contributed by atoms with van der Waals surface area (Å²) in [5.74, 6) is -1.24. The third-order valence-electron chi connectivity index (χ3n) is 3.93. The second-order valence-electron chi connectivity index (χ2n) is 5.71. The number of benzene rings is 2. The van der Waals surface area contributed by atoms with Crippen LogP contribution in [-0.2, 0) is 11.3 Å². The Labute approximate surface area is 155 Å². The van der Waals surface area contributed by atoms with Crippen molar-refractivity contribution in [3.05, 3.63) is 69.5 Å². The van der Waals surface area contributed by atoms with Gasteiger partial charge in [-0.05, 0) is 40.8 Å². The number of nitro groups is 1. The summed E-state index contributed by atoms with van der Waals surface area (Å²) in [4.78, 5) is 34.5. The Hall–Kier alpha value is -4.35. The van der Waals surface area contributed by atoms with Gasteiger partial charge in [0.1, 0.15) is 12.9 Å². The molecule has 2 heterocycles. The number of oxazole rings is 1. The molecule has 0 unspecified atom stereocenters. The number of fused-ring (bicyclic) bond motifs is 1. The molecule has 0 aliphatic rings. The van der Waals surface area contributed by atoms with E-state index in [-0.39, 0.29) is 17.8 Å². The predicted octanol–water partition coefficient (Wildman–Crippen LogP) is 1.12. The summed E-state index contributed by atoms with van der Waals surface area (Å²) in [5.41, 5.74) is 1.35. The van der Waals surface area contributed by atoms with Crippen LogP contribution in [0.15, 0.2) is 58.0 Å². The van der Waals surface area contributed by atoms with E-state index in [1.807, 2.05) is 0 Å². The molecule has 4 aromatic rings. The molecular weight excluding hydrogens is 370 g/mol. The Morgan fingerprint density at radius 2 is 2.00 bits per heavy atom. The van der Waals surface area contributed by atoms with Gasteiger partial charge in [0, 0.05) is 11.8 Å². The molecule has 12 nitrogen and oxygen atoms in total. The normalized spacial score (nSPS) is 10.9. The minimum absolute atomic E-state index is 0.0396. The van der Waals surface area contributed by atoms with Crippen LogP contribution < -0.4 is 11.1 Å². The van der Waals surface area contributed by atoms with E-state index in [0.717, 1.165) is 10.6 Å². The van der Waals surface area contributed by atoms with E-state index in [0.29, 0.717) is 16.9 Å². The average molecular weight is 381 g/mol. The molecule has 2 aromatic carbocycles. The molecule has 1 amide bonds. The third kappa shape index (κ3) is 3.21. The third-order valence-corrected chi connectivity index (χ3v) is 3.93. The molecule has 0 radical (unpaired) electrons. The molecule has 0 saturated heterocycles. The van der Waals surface area contributed by atoms with Crippen LogP contribution in [0, 0.1) is 10.1 Å². The van der Waals surface area contributed by atoms with Crippen molar-refractivity contribution in [3.63, 3.8) is 0 Å². The maximum absolute atomic E-state index is 12.3. The number of carbonyl (C=O) groups excluding carboxylic acids is 1. The molecule has 140 valence electrons. The van der Waals surface area contributed by atoms with Gasteiger partial charge >= 0.3 is 5.76 Å². The van der Waals surface area contributed by atoms with Crippen LogP contribution in [0.4, 0.5) is 11.4 Å². The molecule has 0 spiro atoms.